The van der Waals surface area contributed by atoms with Gasteiger partial charge in [-0.05, 0) is 25.5 Å². The minimum atomic E-state index is -3.58. The maximum atomic E-state index is 12.1. The fraction of sp³-hybridized carbons (Fsp3) is 0.500. The van der Waals surface area contributed by atoms with Crippen molar-refractivity contribution in [1.82, 2.24) is 10.0 Å². The number of nitrogens with one attached hydrogen (secondary N) is 2. The molecule has 118 valence electrons. The first-order chi connectivity index (χ1) is 9.86. The summed E-state index contributed by atoms with van der Waals surface area (Å²) in [4.78, 5) is 11.7. The van der Waals surface area contributed by atoms with E-state index in [0.717, 1.165) is 5.56 Å². The molecule has 1 rings (SSSR count). The predicted molar refractivity (Wildman–Crippen MR) is 80.6 cm³/mol. The summed E-state index contributed by atoms with van der Waals surface area (Å²) in [6.07, 6.45) is 0.0911. The molecule has 0 fully saturated rings. The Bertz CT molecular complexity index is 585. The van der Waals surface area contributed by atoms with Gasteiger partial charge >= 0.3 is 0 Å². The second-order valence-corrected chi connectivity index (χ2v) is 6.49. The Hall–Kier alpha value is -1.44. The highest BCUT2D eigenvalue weighted by Gasteiger charge is 2.16. The molecule has 0 radical (unpaired) electrons. The van der Waals surface area contributed by atoms with E-state index in [4.69, 9.17) is 4.74 Å². The lowest BCUT2D eigenvalue weighted by molar-refractivity contribution is -0.121. The molecule has 1 aromatic rings. The average Bonchev–Trinajstić information content (AvgIpc) is 2.38. The molecule has 0 saturated carbocycles. The summed E-state index contributed by atoms with van der Waals surface area (Å²) in [6, 6.07) is 5.14. The van der Waals surface area contributed by atoms with Crippen molar-refractivity contribution >= 4 is 15.9 Å². The first-order valence-electron chi connectivity index (χ1n) is 6.69. The minimum Gasteiger partial charge on any atom is -0.383 e. The SMILES string of the molecule is COCCNC(=O)CCNS(=O)(=O)c1ccc(C)cc1C. The molecule has 0 bridgehead atoms. The monoisotopic (exact) mass is 314 g/mol. The van der Waals surface area contributed by atoms with E-state index in [1.54, 1.807) is 26.2 Å². The summed E-state index contributed by atoms with van der Waals surface area (Å²) in [5, 5.41) is 2.63. The van der Waals surface area contributed by atoms with E-state index in [0.29, 0.717) is 18.7 Å². The highest BCUT2D eigenvalue weighted by Crippen LogP contribution is 2.15. The molecule has 1 amide bonds. The Balaban J connectivity index is 2.52. The first kappa shape index (κ1) is 17.6. The van der Waals surface area contributed by atoms with Crippen LogP contribution in [0.2, 0.25) is 0 Å². The van der Waals surface area contributed by atoms with Gasteiger partial charge in [0, 0.05) is 26.6 Å². The third-order valence-electron chi connectivity index (χ3n) is 2.89. The maximum absolute atomic E-state index is 12.1. The zero-order valence-corrected chi connectivity index (χ0v) is 13.4. The van der Waals surface area contributed by atoms with Crippen LogP contribution in [0.25, 0.3) is 0 Å². The van der Waals surface area contributed by atoms with Crippen molar-refractivity contribution in [3.8, 4) is 0 Å². The topological polar surface area (TPSA) is 84.5 Å². The van der Waals surface area contributed by atoms with Gasteiger partial charge in [0.1, 0.15) is 0 Å². The molecule has 6 nitrogen and oxygen atoms in total. The van der Waals surface area contributed by atoms with E-state index in [-0.39, 0.29) is 23.8 Å². The zero-order chi connectivity index (χ0) is 15.9. The smallest absolute Gasteiger partial charge is 0.240 e. The van der Waals surface area contributed by atoms with Crippen LogP contribution in [-0.2, 0) is 19.6 Å². The van der Waals surface area contributed by atoms with Crippen molar-refractivity contribution in [2.45, 2.75) is 25.2 Å². The number of methoxy groups -OCH3 is 1. The fourth-order valence-electron chi connectivity index (χ4n) is 1.86. The summed E-state index contributed by atoms with van der Waals surface area (Å²) >= 11 is 0. The number of sulfonamides is 1. The third kappa shape index (κ3) is 5.82. The number of carbonyl (C=O) groups excluding carboxylic acids is 1. The molecule has 0 saturated heterocycles. The number of ether oxygens (including phenoxy) is 1. The number of rotatable bonds is 8. The van der Waals surface area contributed by atoms with Crippen molar-refractivity contribution in [1.29, 1.82) is 0 Å². The molecule has 0 heterocycles. The molecule has 0 spiro atoms. The molecule has 7 heteroatoms. The molecule has 21 heavy (non-hydrogen) atoms. The minimum absolute atomic E-state index is 0.0640. The molecular formula is C14H22N2O4S. The van der Waals surface area contributed by atoms with Gasteiger partial charge in [0.2, 0.25) is 15.9 Å². The van der Waals surface area contributed by atoms with Crippen molar-refractivity contribution < 1.29 is 17.9 Å². The van der Waals surface area contributed by atoms with Gasteiger partial charge < -0.3 is 10.1 Å². The van der Waals surface area contributed by atoms with E-state index in [9.17, 15) is 13.2 Å². The number of aryl methyl sites for hydroxylation is 2. The third-order valence-corrected chi connectivity index (χ3v) is 4.51. The molecule has 2 N–H and O–H groups in total. The Labute approximate surface area is 125 Å². The summed E-state index contributed by atoms with van der Waals surface area (Å²) in [5.74, 6) is -0.213. The van der Waals surface area contributed by atoms with Gasteiger partial charge in [-0.25, -0.2) is 13.1 Å². The van der Waals surface area contributed by atoms with Crippen LogP contribution in [0.15, 0.2) is 23.1 Å². The Morgan fingerprint density at radius 1 is 1.24 bits per heavy atom. The number of hydrogen-bond donors (Lipinski definition) is 2. The molecule has 0 aliphatic heterocycles. The fourth-order valence-corrected chi connectivity index (χ4v) is 3.11. The highest BCUT2D eigenvalue weighted by atomic mass is 32.2. The molecule has 0 unspecified atom stereocenters. The number of benzene rings is 1. The van der Waals surface area contributed by atoms with E-state index < -0.39 is 10.0 Å². The summed E-state index contributed by atoms with van der Waals surface area (Å²) in [5.41, 5.74) is 1.69. The predicted octanol–water partition coefficient (Wildman–Crippen LogP) is 0.734. The number of carbonyl (C=O) groups is 1. The lowest BCUT2D eigenvalue weighted by atomic mass is 10.2. The largest absolute Gasteiger partial charge is 0.383 e. The van der Waals surface area contributed by atoms with E-state index in [1.165, 1.54) is 0 Å². The van der Waals surface area contributed by atoms with Crippen LogP contribution < -0.4 is 10.0 Å². The van der Waals surface area contributed by atoms with E-state index in [2.05, 4.69) is 10.0 Å². The normalized spacial score (nSPS) is 11.4. The van der Waals surface area contributed by atoms with Gasteiger partial charge in [0.05, 0.1) is 11.5 Å². The van der Waals surface area contributed by atoms with Gasteiger partial charge in [0.25, 0.3) is 0 Å². The molecule has 0 aliphatic rings. The van der Waals surface area contributed by atoms with Crippen molar-refractivity contribution in [2.75, 3.05) is 26.8 Å². The molecular weight excluding hydrogens is 292 g/mol. The average molecular weight is 314 g/mol. The van der Waals surface area contributed by atoms with Crippen LogP contribution >= 0.6 is 0 Å². The summed E-state index contributed by atoms with van der Waals surface area (Å²) in [7, 11) is -2.04. The molecule has 1 aromatic carbocycles. The van der Waals surface area contributed by atoms with Gasteiger partial charge in [-0.3, -0.25) is 4.79 Å². The second-order valence-electron chi connectivity index (χ2n) is 4.76. The van der Waals surface area contributed by atoms with Crippen molar-refractivity contribution in [2.24, 2.45) is 0 Å². The van der Waals surface area contributed by atoms with Crippen molar-refractivity contribution in [3.63, 3.8) is 0 Å². The van der Waals surface area contributed by atoms with E-state index in [1.807, 2.05) is 13.0 Å². The standard InChI is InChI=1S/C14H22N2O4S/c1-11-4-5-13(12(2)10-11)21(18,19)16-7-6-14(17)15-8-9-20-3/h4-5,10,16H,6-9H2,1-3H3,(H,15,17). The second kappa shape index (κ2) is 8.11. The van der Waals surface area contributed by atoms with Crippen LogP contribution in [0.4, 0.5) is 0 Å². The Morgan fingerprint density at radius 3 is 2.57 bits per heavy atom. The number of hydrogen-bond acceptors (Lipinski definition) is 4. The van der Waals surface area contributed by atoms with Crippen LogP contribution in [0.5, 0.6) is 0 Å². The maximum Gasteiger partial charge on any atom is 0.240 e. The summed E-state index contributed by atoms with van der Waals surface area (Å²) < 4.78 is 31.5. The number of amides is 1. The Morgan fingerprint density at radius 2 is 1.95 bits per heavy atom. The summed E-state index contributed by atoms with van der Waals surface area (Å²) in [6.45, 7) is 4.56. The first-order valence-corrected chi connectivity index (χ1v) is 8.17. The lowest BCUT2D eigenvalue weighted by Crippen LogP contribution is -2.32. The molecule has 0 aromatic heterocycles. The van der Waals surface area contributed by atoms with Crippen LogP contribution in [0.3, 0.4) is 0 Å². The van der Waals surface area contributed by atoms with Crippen LogP contribution in [-0.4, -0.2) is 41.1 Å². The van der Waals surface area contributed by atoms with E-state index >= 15 is 0 Å². The van der Waals surface area contributed by atoms with Gasteiger partial charge in [-0.1, -0.05) is 17.7 Å². The van der Waals surface area contributed by atoms with Crippen LogP contribution in [0, 0.1) is 13.8 Å². The van der Waals surface area contributed by atoms with Crippen molar-refractivity contribution in [3.05, 3.63) is 29.3 Å². The van der Waals surface area contributed by atoms with Gasteiger partial charge in [-0.15, -0.1) is 0 Å². The highest BCUT2D eigenvalue weighted by molar-refractivity contribution is 7.89. The zero-order valence-electron chi connectivity index (χ0n) is 12.6. The van der Waals surface area contributed by atoms with Gasteiger partial charge in [-0.2, -0.15) is 0 Å². The molecule has 0 atom stereocenters. The molecule has 0 aliphatic carbocycles. The quantitative estimate of drug-likeness (QED) is 0.693. The lowest BCUT2D eigenvalue weighted by Gasteiger charge is -2.10. The van der Waals surface area contributed by atoms with Gasteiger partial charge in [0.15, 0.2) is 0 Å². The Kier molecular flexibility index (Phi) is 6.80. The van der Waals surface area contributed by atoms with Crippen LogP contribution in [0.1, 0.15) is 17.5 Å².